The number of rotatable bonds is 7. The lowest BCUT2D eigenvalue weighted by Crippen LogP contribution is -2.41. The Morgan fingerprint density at radius 2 is 2.07 bits per heavy atom. The van der Waals surface area contributed by atoms with E-state index >= 15 is 0 Å². The van der Waals surface area contributed by atoms with Gasteiger partial charge in [-0.1, -0.05) is 25.1 Å². The Hall–Kier alpha value is -2.17. The first-order valence-corrected chi connectivity index (χ1v) is 10.00. The van der Waals surface area contributed by atoms with E-state index in [2.05, 4.69) is 38.8 Å². The number of carbonyl (C=O) groups is 1. The first-order chi connectivity index (χ1) is 13.7. The van der Waals surface area contributed by atoms with Gasteiger partial charge in [0.25, 0.3) is 0 Å². The molecule has 2 N–H and O–H groups in total. The highest BCUT2D eigenvalue weighted by molar-refractivity contribution is 14.0. The van der Waals surface area contributed by atoms with E-state index in [-0.39, 0.29) is 36.4 Å². The van der Waals surface area contributed by atoms with E-state index in [1.54, 1.807) is 6.33 Å². The molecule has 8 nitrogen and oxygen atoms in total. The van der Waals surface area contributed by atoms with Gasteiger partial charge < -0.3 is 20.1 Å². The van der Waals surface area contributed by atoms with Crippen molar-refractivity contribution in [3.63, 3.8) is 0 Å². The molecule has 0 atom stereocenters. The van der Waals surface area contributed by atoms with Crippen molar-refractivity contribution in [2.24, 2.45) is 4.99 Å². The number of aryl methyl sites for hydroxylation is 2. The van der Waals surface area contributed by atoms with Crippen molar-refractivity contribution < 1.29 is 4.79 Å². The van der Waals surface area contributed by atoms with Gasteiger partial charge in [-0.25, -0.2) is 4.99 Å². The van der Waals surface area contributed by atoms with Gasteiger partial charge in [-0.3, -0.25) is 4.79 Å². The molecule has 158 valence electrons. The Morgan fingerprint density at radius 3 is 2.86 bits per heavy atom. The van der Waals surface area contributed by atoms with Crippen molar-refractivity contribution in [1.29, 1.82) is 0 Å². The Kier molecular flexibility index (Phi) is 9.36. The molecule has 0 saturated carbocycles. The molecule has 3 rings (SSSR count). The summed E-state index contributed by atoms with van der Waals surface area (Å²) in [6, 6.07) is 8.12. The molecule has 0 bridgehead atoms. The molecule has 1 amide bonds. The zero-order chi connectivity index (χ0) is 19.8. The lowest BCUT2D eigenvalue weighted by Gasteiger charge is -2.29. The summed E-state index contributed by atoms with van der Waals surface area (Å²) in [5, 5.41) is 14.5. The number of hydrogen-bond acceptors (Lipinski definition) is 4. The van der Waals surface area contributed by atoms with Crippen molar-refractivity contribution >= 4 is 41.5 Å². The zero-order valence-electron chi connectivity index (χ0n) is 17.1. The molecule has 1 aromatic heterocycles. The fourth-order valence-electron chi connectivity index (χ4n) is 3.40. The van der Waals surface area contributed by atoms with Gasteiger partial charge in [0.15, 0.2) is 5.96 Å². The maximum absolute atomic E-state index is 12.8. The molecule has 0 fully saturated rings. The molecule has 2 heterocycles. The van der Waals surface area contributed by atoms with Crippen LogP contribution in [0.4, 0.5) is 5.69 Å². The maximum Gasteiger partial charge on any atom is 0.248 e. The number of amides is 1. The summed E-state index contributed by atoms with van der Waals surface area (Å²) in [5.41, 5.74) is 2.25. The van der Waals surface area contributed by atoms with E-state index in [0.717, 1.165) is 50.4 Å². The summed E-state index contributed by atoms with van der Waals surface area (Å²) in [4.78, 5) is 19.1. The van der Waals surface area contributed by atoms with E-state index < -0.39 is 0 Å². The maximum atomic E-state index is 12.8. The van der Waals surface area contributed by atoms with Crippen LogP contribution in [0.3, 0.4) is 0 Å². The van der Waals surface area contributed by atoms with Crippen LogP contribution in [0, 0.1) is 0 Å². The van der Waals surface area contributed by atoms with Crippen molar-refractivity contribution in [3.05, 3.63) is 42.0 Å². The summed E-state index contributed by atoms with van der Waals surface area (Å²) in [6.07, 6.45) is 4.60. The van der Waals surface area contributed by atoms with Crippen LogP contribution >= 0.6 is 24.0 Å². The third kappa shape index (κ3) is 6.15. The third-order valence-corrected chi connectivity index (χ3v) is 4.79. The number of hydrogen-bond donors (Lipinski definition) is 2. The third-order valence-electron chi connectivity index (χ3n) is 4.79. The molecule has 0 saturated heterocycles. The topological polar surface area (TPSA) is 87.4 Å². The Bertz CT molecular complexity index is 821. The second-order valence-corrected chi connectivity index (χ2v) is 6.69. The summed E-state index contributed by atoms with van der Waals surface area (Å²) in [7, 11) is 0. The van der Waals surface area contributed by atoms with Crippen LogP contribution in [0.15, 0.2) is 35.6 Å². The highest BCUT2D eigenvalue weighted by atomic mass is 127. The van der Waals surface area contributed by atoms with Gasteiger partial charge in [-0.2, -0.15) is 0 Å². The van der Waals surface area contributed by atoms with Crippen LogP contribution in [0.25, 0.3) is 0 Å². The van der Waals surface area contributed by atoms with Crippen LogP contribution < -0.4 is 15.5 Å². The summed E-state index contributed by atoms with van der Waals surface area (Å²) in [6.45, 7) is 7.10. The molecule has 29 heavy (non-hydrogen) atoms. The van der Waals surface area contributed by atoms with E-state index in [1.807, 2.05) is 34.6 Å². The zero-order valence-corrected chi connectivity index (χ0v) is 19.4. The Labute approximate surface area is 189 Å². The molecular formula is C20H30IN7O. The van der Waals surface area contributed by atoms with Crippen LogP contribution in [-0.2, 0) is 24.2 Å². The second-order valence-electron chi connectivity index (χ2n) is 6.69. The monoisotopic (exact) mass is 511 g/mol. The van der Waals surface area contributed by atoms with E-state index in [0.29, 0.717) is 12.5 Å². The van der Waals surface area contributed by atoms with Gasteiger partial charge in [0.2, 0.25) is 5.91 Å². The van der Waals surface area contributed by atoms with Crippen molar-refractivity contribution in [3.8, 4) is 0 Å². The number of halogens is 1. The fraction of sp³-hybridized carbons (Fsp3) is 0.500. The Balaban J connectivity index is 0.00000300. The van der Waals surface area contributed by atoms with Crippen LogP contribution in [0.5, 0.6) is 0 Å². The van der Waals surface area contributed by atoms with E-state index in [9.17, 15) is 4.79 Å². The normalized spacial score (nSPS) is 13.4. The number of benzene rings is 1. The predicted octanol–water partition coefficient (Wildman–Crippen LogP) is 1.99. The van der Waals surface area contributed by atoms with Crippen LogP contribution in [0.1, 0.15) is 31.7 Å². The molecule has 9 heteroatoms. The van der Waals surface area contributed by atoms with Gasteiger partial charge in [0.05, 0.1) is 0 Å². The van der Waals surface area contributed by atoms with Gasteiger partial charge in [-0.15, -0.1) is 34.2 Å². The molecule has 0 aliphatic carbocycles. The predicted molar refractivity (Wildman–Crippen MR) is 126 cm³/mol. The van der Waals surface area contributed by atoms with Crippen LogP contribution in [-0.4, -0.2) is 52.8 Å². The molecule has 1 aliphatic rings. The summed E-state index contributed by atoms with van der Waals surface area (Å²) >= 11 is 0. The molecule has 0 unspecified atom stereocenters. The lowest BCUT2D eigenvalue weighted by atomic mass is 10.0. The lowest BCUT2D eigenvalue weighted by molar-refractivity contribution is -0.117. The number of guanidine groups is 1. The number of nitrogens with one attached hydrogen (secondary N) is 2. The van der Waals surface area contributed by atoms with Gasteiger partial charge in [0.1, 0.15) is 18.7 Å². The minimum atomic E-state index is 0. The number of carbonyl (C=O) groups excluding carboxylic acids is 1. The van der Waals surface area contributed by atoms with Gasteiger partial charge in [-0.05, 0) is 31.4 Å². The minimum Gasteiger partial charge on any atom is -0.357 e. The quantitative estimate of drug-likeness (QED) is 0.338. The average Bonchev–Trinajstić information content (AvgIpc) is 3.19. The number of aliphatic imine (C=N–C) groups is 1. The smallest absolute Gasteiger partial charge is 0.248 e. The van der Waals surface area contributed by atoms with E-state index in [1.165, 1.54) is 5.56 Å². The van der Waals surface area contributed by atoms with Crippen molar-refractivity contribution in [2.75, 3.05) is 31.1 Å². The number of nitrogens with zero attached hydrogens (tertiary/aromatic N) is 5. The number of anilines is 1. The molecule has 1 aliphatic heterocycles. The highest BCUT2D eigenvalue weighted by Gasteiger charge is 2.21. The van der Waals surface area contributed by atoms with Crippen molar-refractivity contribution in [2.45, 2.75) is 39.7 Å². The van der Waals surface area contributed by atoms with Gasteiger partial charge >= 0.3 is 0 Å². The first kappa shape index (κ1) is 23.1. The van der Waals surface area contributed by atoms with Crippen LogP contribution in [0.2, 0.25) is 0 Å². The van der Waals surface area contributed by atoms with E-state index in [4.69, 9.17) is 0 Å². The molecule has 1 aromatic carbocycles. The number of para-hydroxylation sites is 1. The minimum absolute atomic E-state index is 0. The largest absolute Gasteiger partial charge is 0.357 e. The summed E-state index contributed by atoms with van der Waals surface area (Å²) < 4.78 is 2.02. The van der Waals surface area contributed by atoms with Crippen molar-refractivity contribution in [1.82, 2.24) is 25.4 Å². The average molecular weight is 511 g/mol. The Morgan fingerprint density at radius 1 is 1.24 bits per heavy atom. The second kappa shape index (κ2) is 11.7. The highest BCUT2D eigenvalue weighted by Crippen LogP contribution is 2.26. The molecule has 2 aromatic rings. The molecule has 0 radical (unpaired) electrons. The number of fused-ring (bicyclic) bond motifs is 1. The first-order valence-electron chi connectivity index (χ1n) is 10.00. The SMILES string of the molecule is CCNC(=NCC(=O)N1CCCc2ccccc21)NCCn1cnnc1CC.I. The summed E-state index contributed by atoms with van der Waals surface area (Å²) in [5.74, 6) is 1.63. The molecular weight excluding hydrogens is 481 g/mol. The number of aromatic nitrogens is 3. The molecule has 0 spiro atoms. The fourth-order valence-corrected chi connectivity index (χ4v) is 3.40. The van der Waals surface area contributed by atoms with Gasteiger partial charge in [0, 0.05) is 38.3 Å². The standard InChI is InChI=1S/C20H29N7O.HI/c1-3-18-25-24-15-26(18)13-11-22-20(21-4-2)23-14-19(28)27-12-7-9-16-8-5-6-10-17(16)27;/h5-6,8,10,15H,3-4,7,9,11-14H2,1-2H3,(H2,21,22,23);1H.